The molecule has 4 nitrogen and oxygen atoms in total. The second-order valence-electron chi connectivity index (χ2n) is 4.94. The summed E-state index contributed by atoms with van der Waals surface area (Å²) in [5.41, 5.74) is 5.10. The molecular weight excluding hydrogens is 228 g/mol. The van der Waals surface area contributed by atoms with E-state index in [1.165, 1.54) is 6.08 Å². The van der Waals surface area contributed by atoms with Crippen molar-refractivity contribution in [1.29, 1.82) is 0 Å². The minimum Gasteiger partial charge on any atom is -0.273 e. The summed E-state index contributed by atoms with van der Waals surface area (Å²) < 4.78 is 0. The van der Waals surface area contributed by atoms with Gasteiger partial charge in [-0.15, -0.1) is 0 Å². The van der Waals surface area contributed by atoms with Crippen LogP contribution < -0.4 is 10.9 Å². The SMILES string of the molecule is CC(C)(C)C(=O)NNC(=O)C=Cc1ccccc1. The largest absolute Gasteiger partial charge is 0.273 e. The van der Waals surface area contributed by atoms with Crippen LogP contribution in [0, 0.1) is 5.41 Å². The fraction of sp³-hybridized carbons (Fsp3) is 0.286. The molecule has 1 rings (SSSR count). The van der Waals surface area contributed by atoms with E-state index in [4.69, 9.17) is 0 Å². The molecule has 0 aliphatic heterocycles. The molecule has 1 aromatic carbocycles. The third kappa shape index (κ3) is 4.82. The summed E-state index contributed by atoms with van der Waals surface area (Å²) in [6, 6.07) is 9.45. The van der Waals surface area contributed by atoms with Crippen molar-refractivity contribution >= 4 is 17.9 Å². The van der Waals surface area contributed by atoms with Crippen LogP contribution in [0.25, 0.3) is 6.08 Å². The predicted molar refractivity (Wildman–Crippen MR) is 71.2 cm³/mol. The van der Waals surface area contributed by atoms with Gasteiger partial charge in [0.1, 0.15) is 0 Å². The Morgan fingerprint density at radius 3 is 2.22 bits per heavy atom. The monoisotopic (exact) mass is 246 g/mol. The second kappa shape index (κ2) is 6.00. The molecule has 0 spiro atoms. The molecule has 0 aliphatic rings. The van der Waals surface area contributed by atoms with E-state index in [1.54, 1.807) is 26.8 Å². The first-order chi connectivity index (χ1) is 8.39. The van der Waals surface area contributed by atoms with E-state index in [-0.39, 0.29) is 11.8 Å². The zero-order chi connectivity index (χ0) is 13.6. The van der Waals surface area contributed by atoms with E-state index in [0.29, 0.717) is 0 Å². The minimum absolute atomic E-state index is 0.232. The van der Waals surface area contributed by atoms with E-state index in [0.717, 1.165) is 5.56 Å². The van der Waals surface area contributed by atoms with E-state index < -0.39 is 5.41 Å². The summed E-state index contributed by atoms with van der Waals surface area (Å²) in [5.74, 6) is -0.597. The van der Waals surface area contributed by atoms with E-state index in [9.17, 15) is 9.59 Å². The Hall–Kier alpha value is -2.10. The van der Waals surface area contributed by atoms with E-state index in [1.807, 2.05) is 30.3 Å². The van der Waals surface area contributed by atoms with E-state index in [2.05, 4.69) is 10.9 Å². The summed E-state index contributed by atoms with van der Waals surface area (Å²) >= 11 is 0. The zero-order valence-electron chi connectivity index (χ0n) is 10.9. The molecule has 0 bridgehead atoms. The number of nitrogens with one attached hydrogen (secondary N) is 2. The number of hydrogen-bond acceptors (Lipinski definition) is 2. The number of hydrazine groups is 1. The van der Waals surface area contributed by atoms with E-state index >= 15 is 0 Å². The van der Waals surface area contributed by atoms with Gasteiger partial charge in [0.05, 0.1) is 0 Å². The minimum atomic E-state index is -0.531. The van der Waals surface area contributed by atoms with Gasteiger partial charge in [0.15, 0.2) is 0 Å². The number of benzene rings is 1. The number of hydrogen-bond donors (Lipinski definition) is 2. The molecular formula is C14H18N2O2. The van der Waals surface area contributed by atoms with Crippen molar-refractivity contribution in [3.05, 3.63) is 42.0 Å². The standard InChI is InChI=1S/C14H18N2O2/c1-14(2,3)13(18)16-15-12(17)10-9-11-7-5-4-6-8-11/h4-10H,1-3H3,(H,15,17)(H,16,18). The van der Waals surface area contributed by atoms with Gasteiger partial charge in [-0.05, 0) is 11.6 Å². The first kappa shape index (κ1) is 14.0. The molecule has 0 aromatic heterocycles. The number of carbonyl (C=O) groups excluding carboxylic acids is 2. The normalized spacial score (nSPS) is 11.3. The van der Waals surface area contributed by atoms with Gasteiger partial charge >= 0.3 is 0 Å². The lowest BCUT2D eigenvalue weighted by Crippen LogP contribution is -2.46. The van der Waals surface area contributed by atoms with Gasteiger partial charge in [-0.25, -0.2) is 0 Å². The summed E-state index contributed by atoms with van der Waals surface area (Å²) in [5, 5.41) is 0. The molecule has 0 saturated carbocycles. The molecule has 0 unspecified atom stereocenters. The molecule has 0 radical (unpaired) electrons. The van der Waals surface area contributed by atoms with Crippen LogP contribution in [-0.2, 0) is 9.59 Å². The maximum Gasteiger partial charge on any atom is 0.262 e. The van der Waals surface area contributed by atoms with Crippen molar-refractivity contribution in [3.8, 4) is 0 Å². The smallest absolute Gasteiger partial charge is 0.262 e. The molecule has 1 aromatic rings. The van der Waals surface area contributed by atoms with Crippen molar-refractivity contribution in [2.75, 3.05) is 0 Å². The zero-order valence-corrected chi connectivity index (χ0v) is 10.9. The Labute approximate surface area is 107 Å². The highest BCUT2D eigenvalue weighted by molar-refractivity contribution is 5.93. The van der Waals surface area contributed by atoms with Gasteiger partial charge in [0, 0.05) is 11.5 Å². The van der Waals surface area contributed by atoms with Crippen molar-refractivity contribution in [2.24, 2.45) is 5.41 Å². The Kier molecular flexibility index (Phi) is 4.66. The molecule has 18 heavy (non-hydrogen) atoms. The third-order valence-corrected chi connectivity index (χ3v) is 2.21. The molecule has 0 heterocycles. The van der Waals surface area contributed by atoms with Gasteiger partial charge in [0.25, 0.3) is 5.91 Å². The van der Waals surface area contributed by atoms with Crippen LogP contribution in [0.4, 0.5) is 0 Å². The average Bonchev–Trinajstić information content (AvgIpc) is 2.33. The first-order valence-electron chi connectivity index (χ1n) is 5.73. The Bertz CT molecular complexity index is 445. The molecule has 0 aliphatic carbocycles. The molecule has 0 fully saturated rings. The van der Waals surface area contributed by atoms with Crippen molar-refractivity contribution in [2.45, 2.75) is 20.8 Å². The van der Waals surface area contributed by atoms with Crippen LogP contribution >= 0.6 is 0 Å². The lowest BCUT2D eigenvalue weighted by molar-refractivity contribution is -0.132. The molecule has 0 saturated heterocycles. The lowest BCUT2D eigenvalue weighted by Gasteiger charge is -2.17. The van der Waals surface area contributed by atoms with Crippen molar-refractivity contribution in [3.63, 3.8) is 0 Å². The Morgan fingerprint density at radius 1 is 1.06 bits per heavy atom. The van der Waals surface area contributed by atoms with Crippen LogP contribution in [0.5, 0.6) is 0 Å². The number of rotatable bonds is 2. The van der Waals surface area contributed by atoms with Crippen LogP contribution in [0.15, 0.2) is 36.4 Å². The fourth-order valence-electron chi connectivity index (χ4n) is 1.08. The highest BCUT2D eigenvalue weighted by Crippen LogP contribution is 2.11. The summed E-state index contributed by atoms with van der Waals surface area (Å²) in [4.78, 5) is 22.9. The summed E-state index contributed by atoms with van der Waals surface area (Å²) in [6.45, 7) is 5.32. The average molecular weight is 246 g/mol. The van der Waals surface area contributed by atoms with Crippen LogP contribution in [0.3, 0.4) is 0 Å². The number of carbonyl (C=O) groups is 2. The number of amides is 2. The first-order valence-corrected chi connectivity index (χ1v) is 5.73. The second-order valence-corrected chi connectivity index (χ2v) is 4.94. The van der Waals surface area contributed by atoms with Gasteiger partial charge in [-0.3, -0.25) is 20.4 Å². The van der Waals surface area contributed by atoms with Crippen LogP contribution in [-0.4, -0.2) is 11.8 Å². The molecule has 0 atom stereocenters. The van der Waals surface area contributed by atoms with Crippen LogP contribution in [0.1, 0.15) is 26.3 Å². The van der Waals surface area contributed by atoms with Gasteiger partial charge in [-0.2, -0.15) is 0 Å². The quantitative estimate of drug-likeness (QED) is 0.618. The Morgan fingerprint density at radius 2 is 1.67 bits per heavy atom. The maximum absolute atomic E-state index is 11.5. The molecule has 96 valence electrons. The topological polar surface area (TPSA) is 58.2 Å². The highest BCUT2D eigenvalue weighted by Gasteiger charge is 2.20. The molecule has 4 heteroatoms. The fourth-order valence-corrected chi connectivity index (χ4v) is 1.08. The van der Waals surface area contributed by atoms with Crippen molar-refractivity contribution in [1.82, 2.24) is 10.9 Å². The van der Waals surface area contributed by atoms with Crippen LogP contribution in [0.2, 0.25) is 0 Å². The third-order valence-electron chi connectivity index (χ3n) is 2.21. The molecule has 2 amide bonds. The predicted octanol–water partition coefficient (Wildman–Crippen LogP) is 1.89. The Balaban J connectivity index is 2.44. The summed E-state index contributed by atoms with van der Waals surface area (Å²) in [6.07, 6.45) is 3.05. The molecule has 2 N–H and O–H groups in total. The summed E-state index contributed by atoms with van der Waals surface area (Å²) in [7, 11) is 0. The van der Waals surface area contributed by atoms with Gasteiger partial charge in [-0.1, -0.05) is 51.1 Å². The maximum atomic E-state index is 11.5. The highest BCUT2D eigenvalue weighted by atomic mass is 16.2. The lowest BCUT2D eigenvalue weighted by atomic mass is 9.96. The van der Waals surface area contributed by atoms with Gasteiger partial charge in [0.2, 0.25) is 5.91 Å². The van der Waals surface area contributed by atoms with Crippen molar-refractivity contribution < 1.29 is 9.59 Å². The van der Waals surface area contributed by atoms with Gasteiger partial charge < -0.3 is 0 Å².